The minimum atomic E-state index is -4.79. The minimum absolute atomic E-state index is 0. The third-order valence-corrected chi connectivity index (χ3v) is 12.0. The summed E-state index contributed by atoms with van der Waals surface area (Å²) >= 11 is 0. The van der Waals surface area contributed by atoms with Crippen LogP contribution in [0.5, 0.6) is 34.5 Å². The number of aromatic hydroxyl groups is 1. The van der Waals surface area contributed by atoms with Gasteiger partial charge in [-0.15, -0.1) is 5.75 Å². The molecule has 10 nitrogen and oxygen atoms in total. The Kier molecular flexibility index (Phi) is 27.0. The molecule has 61 heavy (non-hydrogen) atoms. The van der Waals surface area contributed by atoms with Crippen molar-refractivity contribution in [3.63, 3.8) is 0 Å². The summed E-state index contributed by atoms with van der Waals surface area (Å²) in [6.45, 7) is 4.48. The molecular formula is C48H66CaO10S2. The summed E-state index contributed by atoms with van der Waals surface area (Å²) in [6, 6.07) is 21.7. The van der Waals surface area contributed by atoms with Crippen LogP contribution in [0, 0.1) is 0 Å². The zero-order valence-corrected chi connectivity index (χ0v) is 40.2. The van der Waals surface area contributed by atoms with Crippen molar-refractivity contribution in [3.05, 3.63) is 96.1 Å². The molecule has 0 aliphatic rings. The molecule has 4 aromatic rings. The predicted octanol–water partition coefficient (Wildman–Crippen LogP) is 12.4. The molecule has 0 radical (unpaired) electrons. The van der Waals surface area contributed by atoms with Gasteiger partial charge < -0.3 is 24.2 Å². The number of hydrogen-bond donors (Lipinski definition) is 2. The van der Waals surface area contributed by atoms with Crippen molar-refractivity contribution in [2.75, 3.05) is 0 Å². The molecule has 0 amide bonds. The van der Waals surface area contributed by atoms with Crippen LogP contribution in [0.3, 0.4) is 0 Å². The number of phenolic OH excluding ortho intramolecular Hbond substituents is 1. The van der Waals surface area contributed by atoms with Gasteiger partial charge in [0.15, 0.2) is 0 Å². The van der Waals surface area contributed by atoms with E-state index >= 15 is 0 Å². The zero-order chi connectivity index (χ0) is 43.6. The maximum atomic E-state index is 11.5. The van der Waals surface area contributed by atoms with Crippen molar-refractivity contribution in [1.82, 2.24) is 0 Å². The molecule has 2 N–H and O–H groups in total. The topological polar surface area (TPSA) is 173 Å². The average molecular weight is 907 g/mol. The molecule has 0 heterocycles. The fourth-order valence-corrected chi connectivity index (χ4v) is 8.22. The summed E-state index contributed by atoms with van der Waals surface area (Å²) in [5.74, 6) is -0.0125. The fraction of sp³-hybridized carbons (Fsp3) is 0.500. The van der Waals surface area contributed by atoms with Crippen molar-refractivity contribution in [1.29, 1.82) is 0 Å². The normalized spacial score (nSPS) is 11.3. The summed E-state index contributed by atoms with van der Waals surface area (Å²) in [5, 5.41) is 20.9. The first-order valence-electron chi connectivity index (χ1n) is 21.9. The molecule has 0 atom stereocenters. The second-order valence-corrected chi connectivity index (χ2v) is 18.3. The number of rotatable bonds is 28. The Morgan fingerprint density at radius 3 is 1.31 bits per heavy atom. The molecule has 0 saturated carbocycles. The second kappa shape index (κ2) is 30.3. The van der Waals surface area contributed by atoms with E-state index in [-0.39, 0.29) is 55.0 Å². The molecule has 0 saturated heterocycles. The first-order valence-corrected chi connectivity index (χ1v) is 24.8. The van der Waals surface area contributed by atoms with Crippen LogP contribution in [-0.2, 0) is 33.1 Å². The maximum absolute atomic E-state index is 11.5. The summed E-state index contributed by atoms with van der Waals surface area (Å²) in [6.07, 6.45) is 27.6. The van der Waals surface area contributed by atoms with E-state index in [2.05, 4.69) is 13.8 Å². The Morgan fingerprint density at radius 1 is 0.508 bits per heavy atom. The van der Waals surface area contributed by atoms with Crippen LogP contribution in [-0.4, -0.2) is 68.8 Å². The Hall–Kier alpha value is -2.84. The smallest absolute Gasteiger partial charge is 0.872 e. The molecule has 0 fully saturated rings. The third kappa shape index (κ3) is 22.9. The van der Waals surface area contributed by atoms with Gasteiger partial charge in [0, 0.05) is 6.07 Å². The van der Waals surface area contributed by atoms with E-state index in [9.17, 15) is 36.2 Å². The van der Waals surface area contributed by atoms with E-state index in [4.69, 9.17) is 9.47 Å². The Balaban J connectivity index is 0.000000413. The van der Waals surface area contributed by atoms with Gasteiger partial charge in [-0.3, -0.25) is 4.55 Å². The number of unbranched alkanes of at least 4 members (excludes halogenated alkanes) is 18. The van der Waals surface area contributed by atoms with E-state index in [1.807, 2.05) is 36.4 Å². The van der Waals surface area contributed by atoms with Gasteiger partial charge in [0.2, 0.25) is 0 Å². The van der Waals surface area contributed by atoms with Gasteiger partial charge in [-0.1, -0.05) is 160 Å². The quantitative estimate of drug-likeness (QED) is 0.0317. The molecule has 4 aromatic carbocycles. The second-order valence-electron chi connectivity index (χ2n) is 15.5. The summed E-state index contributed by atoms with van der Waals surface area (Å²) in [4.78, 5) is -1.09. The SMILES string of the molecule is CCCCCCCCCCCCc1cccc(Oc2ccc(O)cc2S(=O)(=O)O)c1.CCCCCCCCCCCCc1cccc(Oc2ccc([O-])cc2S(=O)(=O)[O-])c1.[Ca+2]. The van der Waals surface area contributed by atoms with Gasteiger partial charge in [-0.25, -0.2) is 8.42 Å². The van der Waals surface area contributed by atoms with Crippen LogP contribution < -0.4 is 14.6 Å². The minimum Gasteiger partial charge on any atom is -0.872 e. The third-order valence-electron chi connectivity index (χ3n) is 10.3. The standard InChI is InChI=1S/2C24H34O5S.Ca/c2*1-2-3-4-5-6-7-8-9-10-11-13-20-14-12-15-22(18-20)29-23-17-16-21(25)19-24(23)30(26,27)28;/h2*12,14-19,25H,2-11,13H2,1H3,(H,26,27,28);/q;;+2/p-2. The van der Waals surface area contributed by atoms with E-state index < -0.39 is 35.8 Å². The number of phenols is 1. The molecule has 0 aliphatic heterocycles. The van der Waals surface area contributed by atoms with Crippen LogP contribution in [0.4, 0.5) is 0 Å². The molecular weight excluding hydrogens is 841 g/mol. The van der Waals surface area contributed by atoms with Crippen LogP contribution in [0.15, 0.2) is 94.7 Å². The van der Waals surface area contributed by atoms with Gasteiger partial charge in [-0.2, -0.15) is 8.42 Å². The van der Waals surface area contributed by atoms with Crippen molar-refractivity contribution in [2.45, 2.75) is 165 Å². The molecule has 0 bridgehead atoms. The molecule has 0 aromatic heterocycles. The first-order chi connectivity index (χ1) is 28.8. The van der Waals surface area contributed by atoms with E-state index in [1.165, 1.54) is 140 Å². The van der Waals surface area contributed by atoms with Crippen molar-refractivity contribution < 1.29 is 45.6 Å². The number of ether oxygens (including phenoxy) is 2. The molecule has 332 valence electrons. The van der Waals surface area contributed by atoms with Gasteiger partial charge in [-0.05, 0) is 85.3 Å². The Labute approximate surface area is 396 Å². The largest absolute Gasteiger partial charge is 2.00 e. The van der Waals surface area contributed by atoms with Crippen molar-refractivity contribution in [3.8, 4) is 34.5 Å². The first kappa shape index (κ1) is 54.3. The van der Waals surface area contributed by atoms with Crippen molar-refractivity contribution in [2.24, 2.45) is 0 Å². The Morgan fingerprint density at radius 2 is 0.902 bits per heavy atom. The van der Waals surface area contributed by atoms with Gasteiger partial charge >= 0.3 is 37.7 Å². The summed E-state index contributed by atoms with van der Waals surface area (Å²) < 4.78 is 78.0. The molecule has 4 rings (SSSR count). The van der Waals surface area contributed by atoms with Crippen molar-refractivity contribution >= 4 is 58.0 Å². The van der Waals surface area contributed by atoms with Crippen LogP contribution in [0.2, 0.25) is 0 Å². The average Bonchev–Trinajstić information content (AvgIpc) is 3.20. The fourth-order valence-electron chi connectivity index (χ4n) is 6.97. The predicted molar refractivity (Wildman–Crippen MR) is 242 cm³/mol. The molecule has 0 aliphatic carbocycles. The van der Waals surface area contributed by atoms with Gasteiger partial charge in [0.25, 0.3) is 10.1 Å². The summed E-state index contributed by atoms with van der Waals surface area (Å²) in [5.41, 5.74) is 2.22. The number of benzene rings is 4. The number of hydrogen-bond acceptors (Lipinski definition) is 9. The van der Waals surface area contributed by atoms with Crippen LogP contribution in [0.1, 0.15) is 153 Å². The summed E-state index contributed by atoms with van der Waals surface area (Å²) in [7, 11) is -9.30. The monoisotopic (exact) mass is 906 g/mol. The molecule has 13 heteroatoms. The van der Waals surface area contributed by atoms with E-state index in [0.29, 0.717) is 11.5 Å². The van der Waals surface area contributed by atoms with Gasteiger partial charge in [0.05, 0.1) is 4.90 Å². The molecule has 0 spiro atoms. The number of aryl methyl sites for hydroxylation is 2. The zero-order valence-electron chi connectivity index (χ0n) is 36.3. The van der Waals surface area contributed by atoms with Crippen LogP contribution in [0.25, 0.3) is 0 Å². The maximum Gasteiger partial charge on any atom is 2.00 e. The van der Waals surface area contributed by atoms with E-state index in [0.717, 1.165) is 48.9 Å². The Bertz CT molecular complexity index is 1910. The van der Waals surface area contributed by atoms with Gasteiger partial charge in [0.1, 0.15) is 43.8 Å². The molecule has 0 unspecified atom stereocenters. The van der Waals surface area contributed by atoms with Crippen LogP contribution >= 0.6 is 0 Å². The van der Waals surface area contributed by atoms with E-state index in [1.54, 1.807) is 12.1 Å².